The van der Waals surface area contributed by atoms with Gasteiger partial charge in [-0.05, 0) is 39.0 Å². The first-order chi connectivity index (χ1) is 9.39. The Balaban J connectivity index is 2.16. The maximum absolute atomic E-state index is 13.4. The van der Waals surface area contributed by atoms with E-state index in [2.05, 4.69) is 36.3 Å². The van der Waals surface area contributed by atoms with Crippen molar-refractivity contribution >= 4 is 11.3 Å². The van der Waals surface area contributed by atoms with Crippen molar-refractivity contribution in [2.24, 2.45) is 0 Å². The Labute approximate surface area is 122 Å². The van der Waals surface area contributed by atoms with Gasteiger partial charge < -0.3 is 10.1 Å². The molecule has 0 atom stereocenters. The molecule has 20 heavy (non-hydrogen) atoms. The molecule has 4 nitrogen and oxygen atoms in total. The van der Waals surface area contributed by atoms with Crippen molar-refractivity contribution in [2.75, 3.05) is 7.11 Å². The molecule has 1 aromatic carbocycles. The third-order valence-corrected chi connectivity index (χ3v) is 3.61. The standard InChI is InChI=1S/C14H18FN3OS/c1-14(2,3)16-8-12-17-18-13(20-12)9-5-6-10(15)11(7-9)19-4/h5-7,16H,8H2,1-4H3. The van der Waals surface area contributed by atoms with Crippen LogP contribution in [-0.4, -0.2) is 22.8 Å². The van der Waals surface area contributed by atoms with E-state index < -0.39 is 0 Å². The molecule has 0 spiro atoms. The lowest BCUT2D eigenvalue weighted by Gasteiger charge is -2.19. The predicted octanol–water partition coefficient (Wildman–Crippen LogP) is 3.24. The minimum absolute atomic E-state index is 0.0327. The molecule has 0 saturated heterocycles. The van der Waals surface area contributed by atoms with Crippen LogP contribution in [0.4, 0.5) is 4.39 Å². The molecule has 0 aliphatic rings. The average Bonchev–Trinajstić information content (AvgIpc) is 2.85. The van der Waals surface area contributed by atoms with Crippen LogP contribution in [0.25, 0.3) is 10.6 Å². The van der Waals surface area contributed by atoms with Crippen molar-refractivity contribution in [1.82, 2.24) is 15.5 Å². The van der Waals surface area contributed by atoms with Gasteiger partial charge in [0.05, 0.1) is 13.7 Å². The predicted molar refractivity (Wildman–Crippen MR) is 78.4 cm³/mol. The zero-order valence-corrected chi connectivity index (χ0v) is 12.8. The Bertz CT molecular complexity index is 592. The smallest absolute Gasteiger partial charge is 0.165 e. The molecule has 0 aliphatic carbocycles. The molecular formula is C14H18FN3OS. The van der Waals surface area contributed by atoms with E-state index in [1.807, 2.05) is 0 Å². The summed E-state index contributed by atoms with van der Waals surface area (Å²) in [6.07, 6.45) is 0. The fourth-order valence-electron chi connectivity index (χ4n) is 1.58. The fraction of sp³-hybridized carbons (Fsp3) is 0.429. The number of nitrogens with one attached hydrogen (secondary N) is 1. The second kappa shape index (κ2) is 5.85. The average molecular weight is 295 g/mol. The third kappa shape index (κ3) is 3.74. The second-order valence-electron chi connectivity index (χ2n) is 5.45. The molecule has 2 rings (SSSR count). The van der Waals surface area contributed by atoms with Gasteiger partial charge in [0.15, 0.2) is 11.6 Å². The Morgan fingerprint density at radius 1 is 1.30 bits per heavy atom. The van der Waals surface area contributed by atoms with Crippen molar-refractivity contribution in [3.63, 3.8) is 0 Å². The van der Waals surface area contributed by atoms with Crippen LogP contribution in [0.1, 0.15) is 25.8 Å². The lowest BCUT2D eigenvalue weighted by atomic mass is 10.1. The van der Waals surface area contributed by atoms with Crippen molar-refractivity contribution in [2.45, 2.75) is 32.9 Å². The van der Waals surface area contributed by atoms with Crippen LogP contribution in [0.5, 0.6) is 5.75 Å². The highest BCUT2D eigenvalue weighted by atomic mass is 32.1. The second-order valence-corrected chi connectivity index (χ2v) is 6.52. The molecule has 0 fully saturated rings. The van der Waals surface area contributed by atoms with E-state index in [0.717, 1.165) is 15.6 Å². The molecule has 1 aromatic heterocycles. The first-order valence-corrected chi connectivity index (χ1v) is 7.12. The van der Waals surface area contributed by atoms with E-state index >= 15 is 0 Å². The van der Waals surface area contributed by atoms with E-state index in [1.54, 1.807) is 12.1 Å². The molecule has 108 valence electrons. The first kappa shape index (κ1) is 14.9. The highest BCUT2D eigenvalue weighted by Crippen LogP contribution is 2.28. The molecule has 1 N–H and O–H groups in total. The normalized spacial score (nSPS) is 11.7. The molecule has 0 amide bonds. The molecule has 2 aromatic rings. The number of halogens is 1. The maximum Gasteiger partial charge on any atom is 0.165 e. The molecule has 0 aliphatic heterocycles. The van der Waals surface area contributed by atoms with E-state index in [4.69, 9.17) is 4.74 Å². The summed E-state index contributed by atoms with van der Waals surface area (Å²) in [6.45, 7) is 6.96. The Hall–Kier alpha value is -1.53. The van der Waals surface area contributed by atoms with Gasteiger partial charge in [0.1, 0.15) is 10.0 Å². The number of rotatable bonds is 4. The van der Waals surface area contributed by atoms with Crippen LogP contribution < -0.4 is 10.1 Å². The van der Waals surface area contributed by atoms with Gasteiger partial charge in [-0.2, -0.15) is 0 Å². The van der Waals surface area contributed by atoms with Gasteiger partial charge in [0, 0.05) is 11.1 Å². The lowest BCUT2D eigenvalue weighted by Crippen LogP contribution is -2.35. The highest BCUT2D eigenvalue weighted by molar-refractivity contribution is 7.14. The zero-order chi connectivity index (χ0) is 14.8. The minimum Gasteiger partial charge on any atom is -0.494 e. The summed E-state index contributed by atoms with van der Waals surface area (Å²) in [5.74, 6) is -0.164. The van der Waals surface area contributed by atoms with Gasteiger partial charge in [-0.25, -0.2) is 4.39 Å². The van der Waals surface area contributed by atoms with E-state index in [9.17, 15) is 4.39 Å². The van der Waals surface area contributed by atoms with Gasteiger partial charge in [-0.15, -0.1) is 10.2 Å². The Morgan fingerprint density at radius 2 is 2.05 bits per heavy atom. The van der Waals surface area contributed by atoms with Crippen LogP contribution in [0.3, 0.4) is 0 Å². The van der Waals surface area contributed by atoms with E-state index in [1.165, 1.54) is 24.5 Å². The molecule has 0 bridgehead atoms. The molecular weight excluding hydrogens is 277 g/mol. The van der Waals surface area contributed by atoms with Gasteiger partial charge >= 0.3 is 0 Å². The summed E-state index contributed by atoms with van der Waals surface area (Å²) >= 11 is 1.49. The number of nitrogens with zero attached hydrogens (tertiary/aromatic N) is 2. The van der Waals surface area contributed by atoms with Crippen LogP contribution in [0, 0.1) is 5.82 Å². The largest absolute Gasteiger partial charge is 0.494 e. The number of ether oxygens (including phenoxy) is 1. The van der Waals surface area contributed by atoms with Crippen molar-refractivity contribution < 1.29 is 9.13 Å². The maximum atomic E-state index is 13.4. The molecule has 0 radical (unpaired) electrons. The van der Waals surface area contributed by atoms with Crippen LogP contribution >= 0.6 is 11.3 Å². The topological polar surface area (TPSA) is 47.0 Å². The number of benzene rings is 1. The number of aromatic nitrogens is 2. The third-order valence-electron chi connectivity index (χ3n) is 2.63. The number of methoxy groups -OCH3 is 1. The van der Waals surface area contributed by atoms with Crippen LogP contribution in [-0.2, 0) is 6.54 Å². The van der Waals surface area contributed by atoms with Crippen molar-refractivity contribution in [3.05, 3.63) is 29.0 Å². The van der Waals surface area contributed by atoms with E-state index in [-0.39, 0.29) is 17.1 Å². The number of hydrogen-bond acceptors (Lipinski definition) is 5. The fourth-order valence-corrected chi connectivity index (χ4v) is 2.35. The molecule has 1 heterocycles. The molecule has 6 heteroatoms. The van der Waals surface area contributed by atoms with Gasteiger partial charge in [0.25, 0.3) is 0 Å². The highest BCUT2D eigenvalue weighted by Gasteiger charge is 2.13. The monoisotopic (exact) mass is 295 g/mol. The van der Waals surface area contributed by atoms with Gasteiger partial charge in [0.2, 0.25) is 0 Å². The summed E-state index contributed by atoms with van der Waals surface area (Å²) in [4.78, 5) is 0. The van der Waals surface area contributed by atoms with Gasteiger partial charge in [-0.3, -0.25) is 0 Å². The Kier molecular flexibility index (Phi) is 4.35. The van der Waals surface area contributed by atoms with E-state index in [0.29, 0.717) is 6.54 Å². The molecule has 0 unspecified atom stereocenters. The Morgan fingerprint density at radius 3 is 2.70 bits per heavy atom. The quantitative estimate of drug-likeness (QED) is 0.940. The minimum atomic E-state index is -0.379. The lowest BCUT2D eigenvalue weighted by molar-refractivity contribution is 0.387. The SMILES string of the molecule is COc1cc(-c2nnc(CNC(C)(C)C)s2)ccc1F. The summed E-state index contributed by atoms with van der Waals surface area (Å²) in [5.41, 5.74) is 0.841. The summed E-state index contributed by atoms with van der Waals surface area (Å²) < 4.78 is 18.4. The summed E-state index contributed by atoms with van der Waals surface area (Å²) in [7, 11) is 1.45. The zero-order valence-electron chi connectivity index (χ0n) is 12.0. The summed E-state index contributed by atoms with van der Waals surface area (Å²) in [5, 5.41) is 13.3. The number of hydrogen-bond donors (Lipinski definition) is 1. The van der Waals surface area contributed by atoms with Crippen molar-refractivity contribution in [3.8, 4) is 16.3 Å². The van der Waals surface area contributed by atoms with Crippen LogP contribution in [0.15, 0.2) is 18.2 Å². The van der Waals surface area contributed by atoms with Gasteiger partial charge in [-0.1, -0.05) is 11.3 Å². The van der Waals surface area contributed by atoms with Crippen molar-refractivity contribution in [1.29, 1.82) is 0 Å². The first-order valence-electron chi connectivity index (χ1n) is 6.30. The molecule has 0 saturated carbocycles. The summed E-state index contributed by atoms with van der Waals surface area (Å²) in [6, 6.07) is 4.69. The van der Waals surface area contributed by atoms with Crippen LogP contribution in [0.2, 0.25) is 0 Å².